The number of nitrogens with zero attached hydrogens (tertiary/aromatic N) is 2. The number of hydrogen-bond acceptors (Lipinski definition) is 1. The summed E-state index contributed by atoms with van der Waals surface area (Å²) in [4.78, 5) is 5.27. The van der Waals surface area contributed by atoms with Gasteiger partial charge in [0.25, 0.3) is 0 Å². The van der Waals surface area contributed by atoms with Crippen molar-refractivity contribution in [3.05, 3.63) is 156 Å². The largest absolute Gasteiger partial charge is 0.296 e. The molecule has 8 aromatic rings. The topological polar surface area (TPSA) is 17.8 Å². The van der Waals surface area contributed by atoms with Crippen LogP contribution in [-0.4, -0.2) is 9.55 Å². The highest BCUT2D eigenvalue weighted by Gasteiger charge is 2.36. The van der Waals surface area contributed by atoms with Crippen LogP contribution in [-0.2, 0) is 11.8 Å². The van der Waals surface area contributed by atoms with E-state index in [4.69, 9.17) is 4.98 Å². The van der Waals surface area contributed by atoms with E-state index in [-0.39, 0.29) is 5.41 Å². The molecule has 1 aliphatic rings. The second-order valence-electron chi connectivity index (χ2n) is 13.0. The lowest BCUT2D eigenvalue weighted by Crippen LogP contribution is -2.26. The Labute approximate surface area is 269 Å². The average molecular weight is 591 g/mol. The summed E-state index contributed by atoms with van der Waals surface area (Å²) >= 11 is 0. The van der Waals surface area contributed by atoms with E-state index < -0.39 is 0 Å². The Balaban J connectivity index is 1.33. The second kappa shape index (κ2) is 10.0. The van der Waals surface area contributed by atoms with Crippen LogP contribution in [0.15, 0.2) is 140 Å². The normalized spacial score (nSPS) is 13.4. The van der Waals surface area contributed by atoms with Crippen molar-refractivity contribution in [2.45, 2.75) is 32.6 Å². The lowest BCUT2D eigenvalue weighted by molar-refractivity contribution is 0.625. The molecule has 0 bridgehead atoms. The molecule has 9 rings (SSSR count). The minimum Gasteiger partial charge on any atom is -0.296 e. The number of hydrogen-bond donors (Lipinski definition) is 0. The molecule has 2 nitrogen and oxygen atoms in total. The molecule has 1 aliphatic heterocycles. The van der Waals surface area contributed by atoms with Gasteiger partial charge in [0.15, 0.2) is 0 Å². The van der Waals surface area contributed by atoms with Gasteiger partial charge in [0.05, 0.1) is 16.7 Å². The van der Waals surface area contributed by atoms with Crippen LogP contribution in [0.2, 0.25) is 0 Å². The number of para-hydroxylation sites is 1. The van der Waals surface area contributed by atoms with Gasteiger partial charge in [-0.2, -0.15) is 0 Å². The third-order valence-electron chi connectivity index (χ3n) is 10.1. The van der Waals surface area contributed by atoms with Gasteiger partial charge < -0.3 is 0 Å². The fourth-order valence-corrected chi connectivity index (χ4v) is 7.93. The van der Waals surface area contributed by atoms with Crippen molar-refractivity contribution in [3.63, 3.8) is 0 Å². The summed E-state index contributed by atoms with van der Waals surface area (Å²) in [6.45, 7) is 6.94. The van der Waals surface area contributed by atoms with Gasteiger partial charge in [0, 0.05) is 11.8 Å². The highest BCUT2D eigenvalue weighted by Crippen LogP contribution is 2.49. The second-order valence-corrected chi connectivity index (χ2v) is 13.0. The van der Waals surface area contributed by atoms with E-state index in [1.165, 1.54) is 77.3 Å². The third-order valence-corrected chi connectivity index (χ3v) is 10.1. The first-order valence-corrected chi connectivity index (χ1v) is 16.3. The lowest BCUT2D eigenvalue weighted by Gasteiger charge is -2.35. The number of fused-ring (bicyclic) bond motifs is 4. The van der Waals surface area contributed by atoms with Crippen molar-refractivity contribution < 1.29 is 0 Å². The average Bonchev–Trinajstić information content (AvgIpc) is 3.49. The van der Waals surface area contributed by atoms with E-state index in [0.717, 1.165) is 17.8 Å². The molecule has 0 saturated heterocycles. The van der Waals surface area contributed by atoms with Crippen molar-refractivity contribution in [2.75, 3.05) is 0 Å². The molecule has 46 heavy (non-hydrogen) atoms. The zero-order valence-corrected chi connectivity index (χ0v) is 26.4. The standard InChI is InChI=1S/C44H34N2/c1-4-40-45-38-27-31(26-37-43(38)46(40)39-21-13-12-20-36(39)44(37,2)3)42-34-18-10-8-16-32(34)41(33-17-9-11-19-35(33)42)30-24-22-29(23-25-30)28-14-6-5-7-15-28/h5-27H,4H2,1-3H3. The summed E-state index contributed by atoms with van der Waals surface area (Å²) in [7, 11) is 0. The van der Waals surface area contributed by atoms with Crippen LogP contribution in [0.4, 0.5) is 0 Å². The van der Waals surface area contributed by atoms with Gasteiger partial charge in [-0.15, -0.1) is 0 Å². The first kappa shape index (κ1) is 26.9. The Kier molecular flexibility index (Phi) is 5.86. The molecule has 0 saturated carbocycles. The fourth-order valence-electron chi connectivity index (χ4n) is 7.93. The molecule has 7 aromatic carbocycles. The van der Waals surface area contributed by atoms with E-state index in [0.29, 0.717) is 0 Å². The Morgan fingerprint density at radius 2 is 1.04 bits per heavy atom. The Morgan fingerprint density at radius 3 is 1.67 bits per heavy atom. The van der Waals surface area contributed by atoms with Crippen molar-refractivity contribution in [3.8, 4) is 39.1 Å². The van der Waals surface area contributed by atoms with E-state index >= 15 is 0 Å². The Morgan fingerprint density at radius 1 is 0.522 bits per heavy atom. The highest BCUT2D eigenvalue weighted by molar-refractivity contribution is 6.21. The molecular formula is C44H34N2. The zero-order chi connectivity index (χ0) is 31.0. The van der Waals surface area contributed by atoms with Crippen molar-refractivity contribution in [2.24, 2.45) is 0 Å². The van der Waals surface area contributed by atoms with Crippen LogP contribution in [0.1, 0.15) is 37.7 Å². The SMILES string of the molecule is CCc1nc2cc(-c3c4ccccc4c(-c4ccc(-c5ccccc5)cc4)c4ccccc34)cc3c2n1-c1ccccc1C3(C)C. The minimum atomic E-state index is -0.169. The van der Waals surface area contributed by atoms with Gasteiger partial charge in [-0.25, -0.2) is 4.98 Å². The molecular weight excluding hydrogens is 556 g/mol. The number of imidazole rings is 1. The molecule has 0 N–H and O–H groups in total. The minimum absolute atomic E-state index is 0.169. The van der Waals surface area contributed by atoms with Gasteiger partial charge in [0.2, 0.25) is 0 Å². The van der Waals surface area contributed by atoms with Gasteiger partial charge in [-0.1, -0.05) is 142 Å². The molecule has 2 heterocycles. The van der Waals surface area contributed by atoms with Gasteiger partial charge in [0.1, 0.15) is 5.82 Å². The quantitative estimate of drug-likeness (QED) is 0.186. The number of aryl methyl sites for hydroxylation is 1. The van der Waals surface area contributed by atoms with Gasteiger partial charge >= 0.3 is 0 Å². The molecule has 0 spiro atoms. The van der Waals surface area contributed by atoms with Crippen molar-refractivity contribution in [1.82, 2.24) is 9.55 Å². The van der Waals surface area contributed by atoms with Crippen LogP contribution in [0.5, 0.6) is 0 Å². The summed E-state index contributed by atoms with van der Waals surface area (Å²) in [5, 5.41) is 5.06. The predicted molar refractivity (Wildman–Crippen MR) is 194 cm³/mol. The summed E-state index contributed by atoms with van der Waals surface area (Å²) in [6, 6.07) is 51.2. The maximum atomic E-state index is 5.27. The van der Waals surface area contributed by atoms with E-state index in [1.54, 1.807) is 0 Å². The smallest absolute Gasteiger partial charge is 0.114 e. The van der Waals surface area contributed by atoms with Gasteiger partial charge in [-0.05, 0) is 84.3 Å². The van der Waals surface area contributed by atoms with Crippen LogP contribution < -0.4 is 0 Å². The van der Waals surface area contributed by atoms with E-state index in [9.17, 15) is 0 Å². The van der Waals surface area contributed by atoms with E-state index in [2.05, 4.69) is 165 Å². The first-order valence-electron chi connectivity index (χ1n) is 16.3. The molecule has 1 aromatic heterocycles. The number of rotatable bonds is 4. The molecule has 0 amide bonds. The number of aromatic nitrogens is 2. The monoisotopic (exact) mass is 590 g/mol. The summed E-state index contributed by atoms with van der Waals surface area (Å²) in [5.41, 5.74) is 13.5. The molecule has 2 heteroatoms. The van der Waals surface area contributed by atoms with Crippen LogP contribution in [0.25, 0.3) is 71.6 Å². The fraction of sp³-hybridized carbons (Fsp3) is 0.114. The molecule has 0 atom stereocenters. The predicted octanol–water partition coefficient (Wildman–Crippen LogP) is 11.5. The number of benzene rings is 7. The lowest BCUT2D eigenvalue weighted by atomic mass is 9.73. The van der Waals surface area contributed by atoms with Crippen LogP contribution in [0, 0.1) is 0 Å². The zero-order valence-electron chi connectivity index (χ0n) is 26.4. The van der Waals surface area contributed by atoms with Gasteiger partial charge in [-0.3, -0.25) is 4.57 Å². The van der Waals surface area contributed by atoms with Crippen molar-refractivity contribution >= 4 is 32.6 Å². The third kappa shape index (κ3) is 3.80. The molecule has 0 radical (unpaired) electrons. The molecule has 220 valence electrons. The first-order chi connectivity index (χ1) is 22.5. The van der Waals surface area contributed by atoms with Crippen LogP contribution >= 0.6 is 0 Å². The molecule has 0 unspecified atom stereocenters. The van der Waals surface area contributed by atoms with Crippen molar-refractivity contribution in [1.29, 1.82) is 0 Å². The maximum Gasteiger partial charge on any atom is 0.114 e. The van der Waals surface area contributed by atoms with E-state index in [1.807, 2.05) is 0 Å². The van der Waals surface area contributed by atoms with Crippen LogP contribution in [0.3, 0.4) is 0 Å². The molecule has 0 fully saturated rings. The summed E-state index contributed by atoms with van der Waals surface area (Å²) in [5.74, 6) is 1.11. The molecule has 0 aliphatic carbocycles. The Hall–Kier alpha value is -5.47. The maximum absolute atomic E-state index is 5.27. The summed E-state index contributed by atoms with van der Waals surface area (Å²) < 4.78 is 2.41. The highest BCUT2D eigenvalue weighted by atomic mass is 15.1. The summed E-state index contributed by atoms with van der Waals surface area (Å²) in [6.07, 6.45) is 0.877. The Bertz CT molecular complexity index is 2410.